The van der Waals surface area contributed by atoms with Crippen molar-refractivity contribution in [3.63, 3.8) is 0 Å². The zero-order chi connectivity index (χ0) is 12.0. The number of nitrogens with one attached hydrogen (secondary N) is 1. The fourth-order valence-electron chi connectivity index (χ4n) is 1.51. The summed E-state index contributed by atoms with van der Waals surface area (Å²) in [6, 6.07) is 0. The number of halogens is 2. The molecule has 0 aliphatic rings. The molecule has 0 saturated carbocycles. The molecular weight excluding hydrogens is 263 g/mol. The van der Waals surface area contributed by atoms with Crippen LogP contribution in [0, 0.1) is 6.92 Å². The molecule has 1 N–H and O–H groups in total. The molecule has 8 heteroatoms. The number of fused-ring (bicyclic) bond motifs is 1. The molecule has 0 fully saturated rings. The summed E-state index contributed by atoms with van der Waals surface area (Å²) in [6.45, 7) is 1.81. The molecule has 0 radical (unpaired) electrons. The maximum Gasteiger partial charge on any atom is 0.226 e. The summed E-state index contributed by atoms with van der Waals surface area (Å²) in [5.74, 6) is 0.521. The van der Waals surface area contributed by atoms with E-state index in [1.54, 1.807) is 10.9 Å². The van der Waals surface area contributed by atoms with Crippen LogP contribution in [-0.2, 0) is 0 Å². The van der Waals surface area contributed by atoms with E-state index in [-0.39, 0.29) is 5.28 Å². The summed E-state index contributed by atoms with van der Waals surface area (Å²) in [5.41, 5.74) is 1.87. The monoisotopic (exact) mass is 268 g/mol. The van der Waals surface area contributed by atoms with Gasteiger partial charge in [-0.15, -0.1) is 0 Å². The fourth-order valence-corrected chi connectivity index (χ4v) is 1.80. The van der Waals surface area contributed by atoms with Gasteiger partial charge < -0.3 is 4.98 Å². The highest BCUT2D eigenvalue weighted by Gasteiger charge is 2.13. The minimum atomic E-state index is 0.115. The van der Waals surface area contributed by atoms with Crippen molar-refractivity contribution in [1.29, 1.82) is 0 Å². The lowest BCUT2D eigenvalue weighted by Crippen LogP contribution is -2.01. The molecule has 17 heavy (non-hydrogen) atoms. The van der Waals surface area contributed by atoms with Crippen molar-refractivity contribution in [3.8, 4) is 5.82 Å². The first kappa shape index (κ1) is 10.5. The number of hydrogen-bond donors (Lipinski definition) is 1. The van der Waals surface area contributed by atoms with Crippen molar-refractivity contribution in [1.82, 2.24) is 29.7 Å². The van der Waals surface area contributed by atoms with Gasteiger partial charge in [-0.2, -0.15) is 15.1 Å². The van der Waals surface area contributed by atoms with Gasteiger partial charge >= 0.3 is 0 Å². The van der Waals surface area contributed by atoms with E-state index in [1.165, 1.54) is 6.33 Å². The van der Waals surface area contributed by atoms with Gasteiger partial charge in [0, 0.05) is 0 Å². The number of aromatic nitrogens is 6. The average molecular weight is 269 g/mol. The minimum Gasteiger partial charge on any atom is -0.340 e. The average Bonchev–Trinajstić information content (AvgIpc) is 2.85. The maximum absolute atomic E-state index is 5.96. The first-order valence-electron chi connectivity index (χ1n) is 4.74. The highest BCUT2D eigenvalue weighted by Crippen LogP contribution is 2.20. The Kier molecular flexibility index (Phi) is 2.27. The highest BCUT2D eigenvalue weighted by atomic mass is 35.5. The van der Waals surface area contributed by atoms with Gasteiger partial charge in [-0.05, 0) is 18.5 Å². The van der Waals surface area contributed by atoms with Crippen molar-refractivity contribution in [2.24, 2.45) is 0 Å². The van der Waals surface area contributed by atoms with Crippen LogP contribution in [-0.4, -0.2) is 29.7 Å². The smallest absolute Gasteiger partial charge is 0.226 e. The summed E-state index contributed by atoms with van der Waals surface area (Å²) in [4.78, 5) is 15.1. The third kappa shape index (κ3) is 1.65. The van der Waals surface area contributed by atoms with Crippen LogP contribution >= 0.6 is 23.2 Å². The zero-order valence-corrected chi connectivity index (χ0v) is 10.2. The first-order chi connectivity index (χ1) is 8.15. The first-order valence-corrected chi connectivity index (χ1v) is 5.49. The lowest BCUT2D eigenvalue weighted by molar-refractivity contribution is 0.834. The molecule has 3 aromatic rings. The van der Waals surface area contributed by atoms with Gasteiger partial charge in [-0.3, -0.25) is 0 Å². The van der Waals surface area contributed by atoms with E-state index < -0.39 is 0 Å². The third-order valence-electron chi connectivity index (χ3n) is 2.30. The fraction of sp³-hybridized carbons (Fsp3) is 0.111. The Morgan fingerprint density at radius 3 is 2.82 bits per heavy atom. The third-order valence-corrected chi connectivity index (χ3v) is 2.84. The topological polar surface area (TPSA) is 72.3 Å². The van der Waals surface area contributed by atoms with Gasteiger partial charge in [0.05, 0.1) is 23.2 Å². The molecule has 0 atom stereocenters. The Labute approximate surface area is 106 Å². The van der Waals surface area contributed by atoms with E-state index in [2.05, 4.69) is 25.0 Å². The Morgan fingerprint density at radius 1 is 1.29 bits per heavy atom. The highest BCUT2D eigenvalue weighted by molar-refractivity contribution is 6.31. The number of nitrogens with zero attached hydrogens (tertiary/aromatic N) is 5. The Balaban J connectivity index is 2.32. The maximum atomic E-state index is 5.96. The molecule has 6 nitrogen and oxygen atoms in total. The second-order valence-corrected chi connectivity index (χ2v) is 4.17. The predicted octanol–water partition coefficient (Wildman–Crippen LogP) is 2.15. The van der Waals surface area contributed by atoms with Crippen molar-refractivity contribution < 1.29 is 0 Å². The van der Waals surface area contributed by atoms with Crippen molar-refractivity contribution in [3.05, 3.63) is 28.5 Å². The number of hydrogen-bond acceptors (Lipinski definition) is 4. The summed E-state index contributed by atoms with van der Waals surface area (Å²) in [5, 5.41) is 4.92. The number of imidazole rings is 1. The largest absolute Gasteiger partial charge is 0.340 e. The normalized spacial score (nSPS) is 11.2. The molecule has 86 valence electrons. The molecule has 0 aromatic carbocycles. The lowest BCUT2D eigenvalue weighted by atomic mass is 10.5. The molecule has 0 aliphatic carbocycles. The Bertz CT molecular complexity index is 681. The predicted molar refractivity (Wildman–Crippen MR) is 63.6 cm³/mol. The molecule has 0 unspecified atom stereocenters. The summed E-state index contributed by atoms with van der Waals surface area (Å²) < 4.78 is 1.55. The van der Waals surface area contributed by atoms with Crippen molar-refractivity contribution >= 4 is 34.4 Å². The van der Waals surface area contributed by atoms with Gasteiger partial charge in [0.25, 0.3) is 0 Å². The minimum absolute atomic E-state index is 0.115. The van der Waals surface area contributed by atoms with Crippen LogP contribution in [0.3, 0.4) is 0 Å². The van der Waals surface area contributed by atoms with E-state index in [0.29, 0.717) is 27.7 Å². The molecule has 3 aromatic heterocycles. The van der Waals surface area contributed by atoms with E-state index in [1.807, 2.05) is 6.92 Å². The van der Waals surface area contributed by atoms with E-state index in [4.69, 9.17) is 23.2 Å². The van der Waals surface area contributed by atoms with E-state index in [0.717, 1.165) is 0 Å². The molecule has 0 bridgehead atoms. The number of H-pyrrole nitrogens is 1. The lowest BCUT2D eigenvalue weighted by Gasteiger charge is -2.01. The van der Waals surface area contributed by atoms with Gasteiger partial charge in [0.1, 0.15) is 5.52 Å². The van der Waals surface area contributed by atoms with Crippen LogP contribution in [0.15, 0.2) is 12.5 Å². The SMILES string of the molecule is Cc1nn(-c2nc(Cl)nc3nc[nH]c23)cc1Cl. The molecule has 0 spiro atoms. The van der Waals surface area contributed by atoms with Crippen LogP contribution in [0.5, 0.6) is 0 Å². The number of aromatic amines is 1. The quantitative estimate of drug-likeness (QED) is 0.687. The van der Waals surface area contributed by atoms with Crippen LogP contribution in [0.2, 0.25) is 10.3 Å². The van der Waals surface area contributed by atoms with Crippen LogP contribution in [0.25, 0.3) is 17.0 Å². The molecule has 0 saturated heterocycles. The molecule has 0 amide bonds. The summed E-state index contributed by atoms with van der Waals surface area (Å²) in [7, 11) is 0. The molecule has 3 rings (SSSR count). The summed E-state index contributed by atoms with van der Waals surface area (Å²) in [6.07, 6.45) is 3.19. The zero-order valence-electron chi connectivity index (χ0n) is 8.65. The van der Waals surface area contributed by atoms with Crippen LogP contribution < -0.4 is 0 Å². The van der Waals surface area contributed by atoms with Crippen LogP contribution in [0.4, 0.5) is 0 Å². The van der Waals surface area contributed by atoms with E-state index >= 15 is 0 Å². The van der Waals surface area contributed by atoms with Crippen molar-refractivity contribution in [2.75, 3.05) is 0 Å². The Hall–Kier alpha value is -1.66. The second-order valence-electron chi connectivity index (χ2n) is 3.42. The number of aryl methyl sites for hydroxylation is 1. The number of rotatable bonds is 1. The van der Waals surface area contributed by atoms with Gasteiger partial charge in [0.15, 0.2) is 11.5 Å². The Morgan fingerprint density at radius 2 is 2.12 bits per heavy atom. The van der Waals surface area contributed by atoms with Gasteiger partial charge in [0.2, 0.25) is 5.28 Å². The van der Waals surface area contributed by atoms with Gasteiger partial charge in [-0.25, -0.2) is 9.67 Å². The summed E-state index contributed by atoms with van der Waals surface area (Å²) >= 11 is 11.8. The van der Waals surface area contributed by atoms with E-state index in [9.17, 15) is 0 Å². The second kappa shape index (κ2) is 3.68. The standard InChI is InChI=1S/C9H6Cl2N6/c1-4-5(10)2-17(16-4)8-6-7(13-3-12-6)14-9(11)15-8/h2-3H,1H3,(H,12,13,14,15). The van der Waals surface area contributed by atoms with Crippen molar-refractivity contribution in [2.45, 2.75) is 6.92 Å². The van der Waals surface area contributed by atoms with Gasteiger partial charge in [-0.1, -0.05) is 11.6 Å². The molecular formula is C9H6Cl2N6. The molecule has 3 heterocycles. The van der Waals surface area contributed by atoms with Crippen LogP contribution in [0.1, 0.15) is 5.69 Å². The molecule has 0 aliphatic heterocycles.